The Bertz CT molecular complexity index is 474. The zero-order valence-electron chi connectivity index (χ0n) is 9.74. The van der Waals surface area contributed by atoms with Crippen molar-refractivity contribution in [2.45, 2.75) is 32.6 Å². The molecule has 0 aliphatic heterocycles. The Hall–Kier alpha value is -1.50. The standard InChI is InChI=1S/C15H18O/c1-2-3-4-6-12-9-10-14-13(11-12)7-5-8-15(14)16/h5,7-11,16H,2-4,6H2,1H3. The van der Waals surface area contributed by atoms with Crippen LogP contribution >= 0.6 is 0 Å². The number of aryl methyl sites for hydroxylation is 1. The second-order valence-electron chi connectivity index (χ2n) is 4.29. The van der Waals surface area contributed by atoms with E-state index < -0.39 is 0 Å². The minimum atomic E-state index is 0.373. The van der Waals surface area contributed by atoms with Gasteiger partial charge in [0.15, 0.2) is 0 Å². The number of benzene rings is 2. The summed E-state index contributed by atoms with van der Waals surface area (Å²) in [5, 5.41) is 11.8. The van der Waals surface area contributed by atoms with E-state index in [-0.39, 0.29) is 0 Å². The predicted molar refractivity (Wildman–Crippen MR) is 68.8 cm³/mol. The first kappa shape index (κ1) is 11.0. The van der Waals surface area contributed by atoms with Gasteiger partial charge in [-0.15, -0.1) is 0 Å². The van der Waals surface area contributed by atoms with Gasteiger partial charge in [-0.3, -0.25) is 0 Å². The first-order valence-electron chi connectivity index (χ1n) is 6.02. The number of hydrogen-bond acceptors (Lipinski definition) is 1. The van der Waals surface area contributed by atoms with Crippen LogP contribution in [-0.2, 0) is 6.42 Å². The molecule has 84 valence electrons. The van der Waals surface area contributed by atoms with E-state index in [1.54, 1.807) is 6.07 Å². The van der Waals surface area contributed by atoms with Crippen LogP contribution in [0.5, 0.6) is 5.75 Å². The minimum absolute atomic E-state index is 0.373. The summed E-state index contributed by atoms with van der Waals surface area (Å²) in [5.41, 5.74) is 1.37. The van der Waals surface area contributed by atoms with Gasteiger partial charge in [-0.1, -0.05) is 50.1 Å². The van der Waals surface area contributed by atoms with Gasteiger partial charge in [0.25, 0.3) is 0 Å². The molecule has 0 unspecified atom stereocenters. The van der Waals surface area contributed by atoms with Gasteiger partial charge in [0.05, 0.1) is 0 Å². The lowest BCUT2D eigenvalue weighted by Gasteiger charge is -2.04. The van der Waals surface area contributed by atoms with Crippen LogP contribution in [-0.4, -0.2) is 5.11 Å². The molecule has 1 heteroatoms. The number of rotatable bonds is 4. The van der Waals surface area contributed by atoms with Crippen LogP contribution in [0.1, 0.15) is 31.7 Å². The summed E-state index contributed by atoms with van der Waals surface area (Å²) in [7, 11) is 0. The summed E-state index contributed by atoms with van der Waals surface area (Å²) >= 11 is 0. The fourth-order valence-corrected chi connectivity index (χ4v) is 2.05. The van der Waals surface area contributed by atoms with E-state index in [9.17, 15) is 5.11 Å². The van der Waals surface area contributed by atoms with Crippen molar-refractivity contribution in [3.05, 3.63) is 42.0 Å². The van der Waals surface area contributed by atoms with Crippen LogP contribution in [0.2, 0.25) is 0 Å². The second kappa shape index (κ2) is 5.02. The topological polar surface area (TPSA) is 20.2 Å². The molecule has 0 heterocycles. The zero-order chi connectivity index (χ0) is 11.4. The smallest absolute Gasteiger partial charge is 0.123 e. The fraction of sp³-hybridized carbons (Fsp3) is 0.333. The number of aromatic hydroxyl groups is 1. The fourth-order valence-electron chi connectivity index (χ4n) is 2.05. The Labute approximate surface area is 96.7 Å². The highest BCUT2D eigenvalue weighted by atomic mass is 16.3. The molecule has 0 aliphatic rings. The molecule has 1 nitrogen and oxygen atoms in total. The predicted octanol–water partition coefficient (Wildman–Crippen LogP) is 4.28. The highest BCUT2D eigenvalue weighted by Crippen LogP contribution is 2.25. The van der Waals surface area contributed by atoms with E-state index in [4.69, 9.17) is 0 Å². The maximum absolute atomic E-state index is 9.68. The number of phenolic OH excluding ortho intramolecular Hbond substituents is 1. The molecule has 0 atom stereocenters. The molecular weight excluding hydrogens is 196 g/mol. The van der Waals surface area contributed by atoms with E-state index in [0.29, 0.717) is 5.75 Å². The second-order valence-corrected chi connectivity index (χ2v) is 4.29. The summed E-state index contributed by atoms with van der Waals surface area (Å²) in [6.45, 7) is 2.22. The first-order valence-corrected chi connectivity index (χ1v) is 6.02. The third-order valence-corrected chi connectivity index (χ3v) is 2.99. The molecule has 2 aromatic rings. The van der Waals surface area contributed by atoms with Crippen LogP contribution in [0, 0.1) is 0 Å². The molecule has 0 amide bonds. The Morgan fingerprint density at radius 3 is 2.75 bits per heavy atom. The molecular formula is C15H18O. The van der Waals surface area contributed by atoms with E-state index in [1.165, 1.54) is 24.8 Å². The summed E-state index contributed by atoms with van der Waals surface area (Å²) in [6, 6.07) is 12.0. The van der Waals surface area contributed by atoms with E-state index in [0.717, 1.165) is 17.2 Å². The molecule has 0 spiro atoms. The maximum atomic E-state index is 9.68. The molecule has 0 bridgehead atoms. The largest absolute Gasteiger partial charge is 0.507 e. The van der Waals surface area contributed by atoms with Crippen molar-refractivity contribution in [3.8, 4) is 5.75 Å². The van der Waals surface area contributed by atoms with Crippen LogP contribution in [0.4, 0.5) is 0 Å². The molecule has 0 radical (unpaired) electrons. The highest BCUT2D eigenvalue weighted by Gasteiger charge is 2.00. The lowest BCUT2D eigenvalue weighted by Crippen LogP contribution is -1.85. The van der Waals surface area contributed by atoms with Crippen molar-refractivity contribution in [2.75, 3.05) is 0 Å². The molecule has 16 heavy (non-hydrogen) atoms. The third kappa shape index (κ3) is 2.35. The summed E-state index contributed by atoms with van der Waals surface area (Å²) < 4.78 is 0. The number of unbranched alkanes of at least 4 members (excludes halogenated alkanes) is 2. The van der Waals surface area contributed by atoms with Crippen molar-refractivity contribution in [3.63, 3.8) is 0 Å². The average molecular weight is 214 g/mol. The van der Waals surface area contributed by atoms with Crippen molar-refractivity contribution in [1.82, 2.24) is 0 Å². The highest BCUT2D eigenvalue weighted by molar-refractivity contribution is 5.88. The number of phenols is 1. The van der Waals surface area contributed by atoms with Crippen molar-refractivity contribution in [2.24, 2.45) is 0 Å². The van der Waals surface area contributed by atoms with Crippen molar-refractivity contribution >= 4 is 10.8 Å². The van der Waals surface area contributed by atoms with Crippen LogP contribution in [0.3, 0.4) is 0 Å². The van der Waals surface area contributed by atoms with E-state index in [2.05, 4.69) is 25.1 Å². The monoisotopic (exact) mass is 214 g/mol. The van der Waals surface area contributed by atoms with Gasteiger partial charge in [-0.05, 0) is 29.9 Å². The summed E-state index contributed by atoms with van der Waals surface area (Å²) in [6.07, 6.45) is 4.94. The van der Waals surface area contributed by atoms with Crippen LogP contribution < -0.4 is 0 Å². The van der Waals surface area contributed by atoms with Gasteiger partial charge in [-0.2, -0.15) is 0 Å². The SMILES string of the molecule is CCCCCc1ccc2c(O)cccc2c1. The van der Waals surface area contributed by atoms with Gasteiger partial charge in [0, 0.05) is 5.39 Å². The van der Waals surface area contributed by atoms with Gasteiger partial charge in [-0.25, -0.2) is 0 Å². The molecule has 2 rings (SSSR count). The van der Waals surface area contributed by atoms with Gasteiger partial charge >= 0.3 is 0 Å². The quantitative estimate of drug-likeness (QED) is 0.753. The Morgan fingerprint density at radius 1 is 1.06 bits per heavy atom. The normalized spacial score (nSPS) is 10.8. The molecule has 0 saturated heterocycles. The number of hydrogen-bond donors (Lipinski definition) is 1. The third-order valence-electron chi connectivity index (χ3n) is 2.99. The molecule has 0 aromatic heterocycles. The van der Waals surface area contributed by atoms with Gasteiger partial charge < -0.3 is 5.11 Å². The number of fused-ring (bicyclic) bond motifs is 1. The first-order chi connectivity index (χ1) is 7.81. The summed E-state index contributed by atoms with van der Waals surface area (Å²) in [5.74, 6) is 0.373. The molecule has 0 aliphatic carbocycles. The van der Waals surface area contributed by atoms with Crippen LogP contribution in [0.25, 0.3) is 10.8 Å². The zero-order valence-corrected chi connectivity index (χ0v) is 9.74. The Balaban J connectivity index is 2.23. The maximum Gasteiger partial charge on any atom is 0.123 e. The molecule has 2 aromatic carbocycles. The lowest BCUT2D eigenvalue weighted by molar-refractivity contribution is 0.481. The van der Waals surface area contributed by atoms with E-state index in [1.807, 2.05) is 12.1 Å². The van der Waals surface area contributed by atoms with Crippen LogP contribution in [0.15, 0.2) is 36.4 Å². The molecule has 0 fully saturated rings. The Morgan fingerprint density at radius 2 is 1.94 bits per heavy atom. The average Bonchev–Trinajstić information content (AvgIpc) is 2.30. The lowest BCUT2D eigenvalue weighted by atomic mass is 10.0. The van der Waals surface area contributed by atoms with E-state index >= 15 is 0 Å². The molecule has 0 saturated carbocycles. The van der Waals surface area contributed by atoms with Gasteiger partial charge in [0.1, 0.15) is 5.75 Å². The van der Waals surface area contributed by atoms with Crippen molar-refractivity contribution in [1.29, 1.82) is 0 Å². The summed E-state index contributed by atoms with van der Waals surface area (Å²) in [4.78, 5) is 0. The minimum Gasteiger partial charge on any atom is -0.507 e. The Kier molecular flexibility index (Phi) is 3.45. The van der Waals surface area contributed by atoms with Gasteiger partial charge in [0.2, 0.25) is 0 Å². The molecule has 1 N–H and O–H groups in total. The van der Waals surface area contributed by atoms with Crippen molar-refractivity contribution < 1.29 is 5.11 Å².